The zero-order chi connectivity index (χ0) is 20.5. The van der Waals surface area contributed by atoms with Crippen LogP contribution in [0.25, 0.3) is 10.9 Å². The first-order chi connectivity index (χ1) is 13.1. The smallest absolute Gasteiger partial charge is 0.192 e. The summed E-state index contributed by atoms with van der Waals surface area (Å²) in [5.74, 6) is 0.873. The SMILES string of the molecule is CC(C)(C)c1cc(C=Nc2cccc3cccnc23)c(OI)c(C(C)(C)C)c1. The van der Waals surface area contributed by atoms with E-state index in [0.29, 0.717) is 0 Å². The fourth-order valence-electron chi connectivity index (χ4n) is 3.15. The molecule has 3 rings (SSSR count). The van der Waals surface area contributed by atoms with Gasteiger partial charge in [-0.1, -0.05) is 65.8 Å². The van der Waals surface area contributed by atoms with Crippen molar-refractivity contribution in [2.75, 3.05) is 0 Å². The molecule has 0 saturated carbocycles. The van der Waals surface area contributed by atoms with Crippen molar-refractivity contribution >= 4 is 45.8 Å². The van der Waals surface area contributed by atoms with Crippen molar-refractivity contribution in [1.29, 1.82) is 0 Å². The van der Waals surface area contributed by atoms with Gasteiger partial charge in [-0.2, -0.15) is 0 Å². The molecule has 0 amide bonds. The highest BCUT2D eigenvalue weighted by atomic mass is 127. The minimum atomic E-state index is -0.0364. The summed E-state index contributed by atoms with van der Waals surface area (Å²) in [6.45, 7) is 13.3. The Hall–Kier alpha value is -1.95. The summed E-state index contributed by atoms with van der Waals surface area (Å²) in [4.78, 5) is 9.29. The lowest BCUT2D eigenvalue weighted by atomic mass is 9.79. The van der Waals surface area contributed by atoms with Gasteiger partial charge in [-0.05, 0) is 34.6 Å². The maximum Gasteiger partial charge on any atom is 0.192 e. The molecule has 0 radical (unpaired) electrons. The number of benzene rings is 2. The van der Waals surface area contributed by atoms with Crippen LogP contribution in [0.2, 0.25) is 0 Å². The zero-order valence-electron chi connectivity index (χ0n) is 17.4. The first-order valence-corrected chi connectivity index (χ1v) is 10.3. The van der Waals surface area contributed by atoms with Crippen molar-refractivity contribution in [2.45, 2.75) is 52.4 Å². The molecule has 4 heteroatoms. The lowest BCUT2D eigenvalue weighted by Gasteiger charge is -2.27. The molecule has 0 unspecified atom stereocenters. The number of fused-ring (bicyclic) bond motifs is 1. The number of pyridine rings is 1. The van der Waals surface area contributed by atoms with Crippen LogP contribution in [0.15, 0.2) is 53.7 Å². The third-order valence-electron chi connectivity index (χ3n) is 4.82. The molecule has 0 aliphatic carbocycles. The molecule has 3 nitrogen and oxygen atoms in total. The van der Waals surface area contributed by atoms with Crippen molar-refractivity contribution in [3.8, 4) is 5.75 Å². The summed E-state index contributed by atoms with van der Waals surface area (Å²) in [6.07, 6.45) is 3.71. The van der Waals surface area contributed by atoms with Gasteiger partial charge in [0, 0.05) is 28.9 Å². The number of aliphatic imine (C=N–C) groups is 1. The zero-order valence-corrected chi connectivity index (χ0v) is 19.5. The third kappa shape index (κ3) is 4.37. The molecule has 0 saturated heterocycles. The molecule has 0 spiro atoms. The molecule has 0 aliphatic heterocycles. The molecule has 0 N–H and O–H groups in total. The second-order valence-corrected chi connectivity index (χ2v) is 9.57. The Balaban J connectivity index is 2.18. The Kier molecular flexibility index (Phi) is 5.80. The van der Waals surface area contributed by atoms with Crippen LogP contribution in [0.4, 0.5) is 5.69 Å². The van der Waals surface area contributed by atoms with Crippen LogP contribution in [-0.2, 0) is 10.8 Å². The summed E-state index contributed by atoms with van der Waals surface area (Å²) < 4.78 is 5.81. The minimum absolute atomic E-state index is 0.0351. The Morgan fingerprint density at radius 2 is 1.68 bits per heavy atom. The second-order valence-electron chi connectivity index (χ2n) is 9.13. The first-order valence-electron chi connectivity index (χ1n) is 9.46. The molecule has 146 valence electrons. The highest BCUT2D eigenvalue weighted by Crippen LogP contribution is 2.39. The van der Waals surface area contributed by atoms with E-state index in [4.69, 9.17) is 8.06 Å². The van der Waals surface area contributed by atoms with Crippen LogP contribution in [0.1, 0.15) is 58.2 Å². The molecular formula is C24H27IN2O. The molecule has 2 aromatic carbocycles. The number of rotatable bonds is 3. The molecule has 3 aromatic rings. The van der Waals surface area contributed by atoms with Gasteiger partial charge in [-0.25, -0.2) is 0 Å². The monoisotopic (exact) mass is 486 g/mol. The van der Waals surface area contributed by atoms with Crippen molar-refractivity contribution < 1.29 is 3.07 Å². The average Bonchev–Trinajstić information content (AvgIpc) is 2.64. The molecule has 0 aliphatic rings. The summed E-state index contributed by atoms with van der Waals surface area (Å²) in [6, 6.07) is 14.5. The van der Waals surface area contributed by atoms with E-state index in [1.165, 1.54) is 11.1 Å². The average molecular weight is 486 g/mol. The normalized spacial score (nSPS) is 12.7. The second kappa shape index (κ2) is 7.82. The molecule has 0 fully saturated rings. The van der Waals surface area contributed by atoms with E-state index in [1.807, 2.05) is 47.4 Å². The van der Waals surface area contributed by atoms with E-state index in [1.54, 1.807) is 6.20 Å². The van der Waals surface area contributed by atoms with Crippen LogP contribution in [-0.4, -0.2) is 11.2 Å². The Labute approximate surface area is 181 Å². The quantitative estimate of drug-likeness (QED) is 0.287. The van der Waals surface area contributed by atoms with Crippen LogP contribution in [0.3, 0.4) is 0 Å². The molecule has 0 atom stereocenters. The Bertz CT molecular complexity index is 1020. The number of halogens is 1. The van der Waals surface area contributed by atoms with Gasteiger partial charge in [0.25, 0.3) is 0 Å². The standard InChI is InChI=1S/C24H27IN2O/c1-23(2,3)18-13-17(22(28-25)19(14-18)24(4,5)6)15-27-20-11-7-9-16-10-8-12-26-21(16)20/h7-15H,1-6H3. The Morgan fingerprint density at radius 1 is 0.964 bits per heavy atom. The molecule has 1 aromatic heterocycles. The van der Waals surface area contributed by atoms with Crippen LogP contribution < -0.4 is 3.07 Å². The van der Waals surface area contributed by atoms with Gasteiger partial charge in [0.05, 0.1) is 11.2 Å². The van der Waals surface area contributed by atoms with Gasteiger partial charge in [0.15, 0.2) is 23.0 Å². The maximum atomic E-state index is 5.81. The van der Waals surface area contributed by atoms with Crippen molar-refractivity contribution in [2.24, 2.45) is 4.99 Å². The number of aromatic nitrogens is 1. The highest BCUT2D eigenvalue weighted by molar-refractivity contribution is 14.1. The number of nitrogens with zero attached hydrogens (tertiary/aromatic N) is 2. The number of hydrogen-bond donors (Lipinski definition) is 0. The molecule has 1 heterocycles. The fraction of sp³-hybridized carbons (Fsp3) is 0.333. The summed E-state index contributed by atoms with van der Waals surface area (Å²) in [5, 5.41) is 1.08. The predicted octanol–water partition coefficient (Wildman–Crippen LogP) is 7.31. The van der Waals surface area contributed by atoms with Crippen LogP contribution >= 0.6 is 23.0 Å². The fourth-order valence-corrected chi connectivity index (χ4v) is 3.65. The first kappa shape index (κ1) is 20.8. The van der Waals surface area contributed by atoms with Crippen molar-refractivity contribution in [1.82, 2.24) is 4.98 Å². The number of hydrogen-bond acceptors (Lipinski definition) is 3. The highest BCUT2D eigenvalue weighted by Gasteiger charge is 2.25. The van der Waals surface area contributed by atoms with E-state index >= 15 is 0 Å². The predicted molar refractivity (Wildman–Crippen MR) is 127 cm³/mol. The van der Waals surface area contributed by atoms with Crippen LogP contribution in [0.5, 0.6) is 5.75 Å². The van der Waals surface area contributed by atoms with E-state index in [9.17, 15) is 0 Å². The van der Waals surface area contributed by atoms with Gasteiger partial charge >= 0.3 is 0 Å². The van der Waals surface area contributed by atoms with E-state index in [0.717, 1.165) is 27.9 Å². The summed E-state index contributed by atoms with van der Waals surface area (Å²) in [5.41, 5.74) is 5.20. The van der Waals surface area contributed by atoms with E-state index in [2.05, 4.69) is 70.8 Å². The van der Waals surface area contributed by atoms with Crippen molar-refractivity contribution in [3.05, 3.63) is 65.4 Å². The Morgan fingerprint density at radius 3 is 2.32 bits per heavy atom. The molecule has 28 heavy (non-hydrogen) atoms. The van der Waals surface area contributed by atoms with E-state index in [-0.39, 0.29) is 10.8 Å². The van der Waals surface area contributed by atoms with Gasteiger partial charge in [0.2, 0.25) is 0 Å². The van der Waals surface area contributed by atoms with Crippen molar-refractivity contribution in [3.63, 3.8) is 0 Å². The van der Waals surface area contributed by atoms with Gasteiger partial charge in [-0.15, -0.1) is 0 Å². The largest absolute Gasteiger partial charge is 0.427 e. The van der Waals surface area contributed by atoms with Gasteiger partial charge < -0.3 is 3.07 Å². The summed E-state index contributed by atoms with van der Waals surface area (Å²) >= 11 is 1.97. The lowest BCUT2D eigenvalue weighted by Crippen LogP contribution is -2.18. The summed E-state index contributed by atoms with van der Waals surface area (Å²) in [7, 11) is 0. The molecular weight excluding hydrogens is 459 g/mol. The number of para-hydroxylation sites is 1. The topological polar surface area (TPSA) is 34.5 Å². The maximum absolute atomic E-state index is 5.81. The minimum Gasteiger partial charge on any atom is -0.427 e. The van der Waals surface area contributed by atoms with Crippen LogP contribution in [0, 0.1) is 0 Å². The van der Waals surface area contributed by atoms with Gasteiger partial charge in [-0.3, -0.25) is 9.98 Å². The van der Waals surface area contributed by atoms with E-state index < -0.39 is 0 Å². The molecule has 0 bridgehead atoms. The lowest BCUT2D eigenvalue weighted by molar-refractivity contribution is 0.548. The van der Waals surface area contributed by atoms with Gasteiger partial charge in [0.1, 0.15) is 5.75 Å². The third-order valence-corrected chi connectivity index (χ3v) is 5.26.